The number of likely N-dealkylation sites (tertiary alicyclic amines) is 1. The van der Waals surface area contributed by atoms with E-state index in [0.717, 1.165) is 28.2 Å². The van der Waals surface area contributed by atoms with E-state index in [2.05, 4.69) is 21.2 Å². The van der Waals surface area contributed by atoms with Crippen molar-refractivity contribution in [3.05, 3.63) is 70.3 Å². The third-order valence-electron chi connectivity index (χ3n) is 6.19. The molecule has 0 aliphatic carbocycles. The Bertz CT molecular complexity index is 1210. The molecule has 1 fully saturated rings. The van der Waals surface area contributed by atoms with Crippen molar-refractivity contribution >= 4 is 44.4 Å². The Morgan fingerprint density at radius 3 is 2.65 bits per heavy atom. The number of carbonyl (C=O) groups is 3. The molecule has 2 atom stereocenters. The minimum absolute atomic E-state index is 0.00563. The van der Waals surface area contributed by atoms with Crippen molar-refractivity contribution in [3.63, 3.8) is 0 Å². The lowest BCUT2D eigenvalue weighted by molar-refractivity contribution is -0.138. The standard InChI is InChI=1S/C26H27BrFN3O3/c1-17(32)22-15-30(23-10-9-19(27)12-21(22)23)16-25(33)31-14-20(28)13-24(31)26(34)29-11-5-8-18-6-3-2-4-7-18/h2-4,6-7,9-10,12,15,20,24H,5,8,11,13-14,16H2,1H3,(H,29,34). The average molecular weight is 528 g/mol. The van der Waals surface area contributed by atoms with Gasteiger partial charge in [-0.3, -0.25) is 14.4 Å². The van der Waals surface area contributed by atoms with Crippen molar-refractivity contribution in [3.8, 4) is 0 Å². The van der Waals surface area contributed by atoms with Crippen LogP contribution in [0.3, 0.4) is 0 Å². The number of aryl methyl sites for hydroxylation is 1. The monoisotopic (exact) mass is 527 g/mol. The lowest BCUT2D eigenvalue weighted by atomic mass is 10.1. The molecule has 2 amide bonds. The van der Waals surface area contributed by atoms with Crippen LogP contribution in [0, 0.1) is 0 Å². The number of alkyl halides is 1. The van der Waals surface area contributed by atoms with E-state index in [1.807, 2.05) is 48.5 Å². The van der Waals surface area contributed by atoms with Crippen LogP contribution >= 0.6 is 15.9 Å². The van der Waals surface area contributed by atoms with Gasteiger partial charge in [-0.05, 0) is 43.5 Å². The maximum Gasteiger partial charge on any atom is 0.243 e. The fraction of sp³-hybridized carbons (Fsp3) is 0.346. The number of halogens is 2. The predicted octanol–water partition coefficient (Wildman–Crippen LogP) is 4.29. The Morgan fingerprint density at radius 2 is 1.91 bits per heavy atom. The molecular weight excluding hydrogens is 501 g/mol. The highest BCUT2D eigenvalue weighted by Crippen LogP contribution is 2.27. The number of nitrogens with one attached hydrogen (secondary N) is 1. The normalized spacial score (nSPS) is 17.8. The van der Waals surface area contributed by atoms with Gasteiger partial charge in [-0.15, -0.1) is 0 Å². The first-order chi connectivity index (χ1) is 16.3. The minimum Gasteiger partial charge on any atom is -0.354 e. The molecule has 2 aromatic carbocycles. The number of aromatic nitrogens is 1. The van der Waals surface area contributed by atoms with Gasteiger partial charge >= 0.3 is 0 Å². The van der Waals surface area contributed by atoms with E-state index in [9.17, 15) is 18.8 Å². The fourth-order valence-corrected chi connectivity index (χ4v) is 4.85. The molecule has 2 heterocycles. The molecule has 8 heteroatoms. The first-order valence-electron chi connectivity index (χ1n) is 11.4. The Hall–Kier alpha value is -3.00. The number of carbonyl (C=O) groups excluding carboxylic acids is 3. The molecule has 0 bridgehead atoms. The zero-order chi connectivity index (χ0) is 24.2. The molecular formula is C26H27BrFN3O3. The minimum atomic E-state index is -1.24. The molecule has 1 aromatic heterocycles. The predicted molar refractivity (Wildman–Crippen MR) is 132 cm³/mol. The first kappa shape index (κ1) is 24.1. The number of hydrogen-bond acceptors (Lipinski definition) is 3. The lowest BCUT2D eigenvalue weighted by Gasteiger charge is -2.24. The summed E-state index contributed by atoms with van der Waals surface area (Å²) in [6.45, 7) is 1.76. The zero-order valence-electron chi connectivity index (χ0n) is 19.0. The number of fused-ring (bicyclic) bond motifs is 1. The van der Waals surface area contributed by atoms with E-state index in [1.165, 1.54) is 17.4 Å². The van der Waals surface area contributed by atoms with Crippen molar-refractivity contribution in [1.82, 2.24) is 14.8 Å². The van der Waals surface area contributed by atoms with E-state index in [0.29, 0.717) is 12.1 Å². The van der Waals surface area contributed by atoms with Crippen LogP contribution in [0.5, 0.6) is 0 Å². The van der Waals surface area contributed by atoms with Gasteiger partial charge in [-0.2, -0.15) is 0 Å². The molecule has 34 heavy (non-hydrogen) atoms. The van der Waals surface area contributed by atoms with Crippen LogP contribution in [-0.4, -0.2) is 52.4 Å². The van der Waals surface area contributed by atoms with Crippen molar-refractivity contribution < 1.29 is 18.8 Å². The van der Waals surface area contributed by atoms with Crippen molar-refractivity contribution in [2.45, 2.75) is 44.9 Å². The van der Waals surface area contributed by atoms with Gasteiger partial charge in [0.1, 0.15) is 18.8 Å². The molecule has 0 radical (unpaired) electrons. The lowest BCUT2D eigenvalue weighted by Crippen LogP contribution is -2.47. The third-order valence-corrected chi connectivity index (χ3v) is 6.68. The summed E-state index contributed by atoms with van der Waals surface area (Å²) in [6, 6.07) is 14.7. The summed E-state index contributed by atoms with van der Waals surface area (Å²) in [5.74, 6) is -0.779. The van der Waals surface area contributed by atoms with Crippen molar-refractivity contribution in [2.75, 3.05) is 13.1 Å². The van der Waals surface area contributed by atoms with Crippen LogP contribution < -0.4 is 5.32 Å². The summed E-state index contributed by atoms with van der Waals surface area (Å²) >= 11 is 3.42. The SMILES string of the molecule is CC(=O)c1cn(CC(=O)N2CC(F)CC2C(=O)NCCCc2ccccc2)c2ccc(Br)cc12. The van der Waals surface area contributed by atoms with Gasteiger partial charge in [-0.25, -0.2) is 4.39 Å². The van der Waals surface area contributed by atoms with E-state index >= 15 is 0 Å². The molecule has 1 aliphatic heterocycles. The molecule has 6 nitrogen and oxygen atoms in total. The van der Waals surface area contributed by atoms with Crippen LogP contribution in [0.15, 0.2) is 59.2 Å². The number of Topliss-reactive ketones (excluding diaryl/α,β-unsaturated/α-hetero) is 1. The van der Waals surface area contributed by atoms with E-state index in [4.69, 9.17) is 0 Å². The highest BCUT2D eigenvalue weighted by atomic mass is 79.9. The van der Waals surface area contributed by atoms with Gasteiger partial charge < -0.3 is 14.8 Å². The second-order valence-corrected chi connectivity index (χ2v) is 9.58. The van der Waals surface area contributed by atoms with Gasteiger partial charge in [0.2, 0.25) is 11.8 Å². The topological polar surface area (TPSA) is 71.4 Å². The molecule has 1 saturated heterocycles. The zero-order valence-corrected chi connectivity index (χ0v) is 20.6. The maximum atomic E-state index is 14.3. The van der Waals surface area contributed by atoms with Gasteiger partial charge in [-0.1, -0.05) is 46.3 Å². The number of ketones is 1. The second kappa shape index (κ2) is 10.5. The quantitative estimate of drug-likeness (QED) is 0.350. The van der Waals surface area contributed by atoms with Crippen LogP contribution in [-0.2, 0) is 22.6 Å². The van der Waals surface area contributed by atoms with Gasteiger partial charge in [0.25, 0.3) is 0 Å². The number of amides is 2. The van der Waals surface area contributed by atoms with Crippen molar-refractivity contribution in [2.24, 2.45) is 0 Å². The molecule has 4 rings (SSSR count). The Kier molecular flexibility index (Phi) is 7.46. The third kappa shape index (κ3) is 5.38. The Morgan fingerprint density at radius 1 is 1.15 bits per heavy atom. The smallest absolute Gasteiger partial charge is 0.243 e. The summed E-state index contributed by atoms with van der Waals surface area (Å²) in [4.78, 5) is 39.4. The van der Waals surface area contributed by atoms with Crippen LogP contribution in [0.4, 0.5) is 4.39 Å². The van der Waals surface area contributed by atoms with Crippen LogP contribution in [0.1, 0.15) is 35.7 Å². The Labute approximate surface area is 206 Å². The number of hydrogen-bond donors (Lipinski definition) is 1. The highest BCUT2D eigenvalue weighted by Gasteiger charge is 2.39. The molecule has 0 saturated carbocycles. The number of benzene rings is 2. The summed E-state index contributed by atoms with van der Waals surface area (Å²) in [5, 5.41) is 3.61. The number of rotatable bonds is 8. The van der Waals surface area contributed by atoms with E-state index in [-0.39, 0.29) is 37.1 Å². The van der Waals surface area contributed by atoms with E-state index < -0.39 is 12.2 Å². The van der Waals surface area contributed by atoms with Gasteiger partial charge in [0, 0.05) is 40.1 Å². The molecule has 1 N–H and O–H groups in total. The summed E-state index contributed by atoms with van der Waals surface area (Å²) < 4.78 is 16.8. The highest BCUT2D eigenvalue weighted by molar-refractivity contribution is 9.10. The molecule has 1 aliphatic rings. The molecule has 178 valence electrons. The van der Waals surface area contributed by atoms with E-state index in [1.54, 1.807) is 10.8 Å². The van der Waals surface area contributed by atoms with Crippen molar-refractivity contribution in [1.29, 1.82) is 0 Å². The average Bonchev–Trinajstić information content (AvgIpc) is 3.38. The van der Waals surface area contributed by atoms with Crippen LogP contribution in [0.25, 0.3) is 10.9 Å². The first-order valence-corrected chi connectivity index (χ1v) is 12.2. The van der Waals surface area contributed by atoms with Gasteiger partial charge in [0.15, 0.2) is 5.78 Å². The van der Waals surface area contributed by atoms with Gasteiger partial charge in [0.05, 0.1) is 6.54 Å². The Balaban J connectivity index is 1.42. The largest absolute Gasteiger partial charge is 0.354 e. The molecule has 0 spiro atoms. The maximum absolute atomic E-state index is 14.3. The summed E-state index contributed by atoms with van der Waals surface area (Å²) in [7, 11) is 0. The molecule has 2 unspecified atom stereocenters. The number of nitrogens with zero attached hydrogens (tertiary/aromatic N) is 2. The summed E-state index contributed by atoms with van der Waals surface area (Å²) in [6.07, 6.45) is 1.99. The molecule has 3 aromatic rings. The van der Waals surface area contributed by atoms with Crippen LogP contribution in [0.2, 0.25) is 0 Å². The second-order valence-electron chi connectivity index (χ2n) is 8.66. The summed E-state index contributed by atoms with van der Waals surface area (Å²) in [5.41, 5.74) is 2.44. The fourth-order valence-electron chi connectivity index (χ4n) is 4.49.